The van der Waals surface area contributed by atoms with Crippen molar-refractivity contribution in [2.24, 2.45) is 5.92 Å². The van der Waals surface area contributed by atoms with Crippen molar-refractivity contribution in [1.29, 1.82) is 0 Å². The van der Waals surface area contributed by atoms with Crippen LogP contribution in [0.2, 0.25) is 0 Å². The Bertz CT molecular complexity index is 454. The zero-order valence-corrected chi connectivity index (χ0v) is 12.6. The van der Waals surface area contributed by atoms with Gasteiger partial charge in [0.1, 0.15) is 5.82 Å². The van der Waals surface area contributed by atoms with Crippen molar-refractivity contribution in [3.05, 3.63) is 29.6 Å². The first-order valence-corrected chi connectivity index (χ1v) is 7.08. The smallest absolute Gasteiger partial charge is 0.146 e. The lowest BCUT2D eigenvalue weighted by molar-refractivity contribution is 0.275. The summed E-state index contributed by atoms with van der Waals surface area (Å²) in [7, 11) is 0. The Morgan fingerprint density at radius 3 is 2.63 bits per heavy atom. The second kappa shape index (κ2) is 5.12. The van der Waals surface area contributed by atoms with Gasteiger partial charge in [-0.3, -0.25) is 0 Å². The maximum atomic E-state index is 14.3. The third-order valence-corrected chi connectivity index (χ3v) is 3.94. The summed E-state index contributed by atoms with van der Waals surface area (Å²) in [5.41, 5.74) is 1.72. The molecule has 1 aliphatic rings. The zero-order chi connectivity index (χ0) is 14.2. The molecule has 0 aromatic heterocycles. The maximum absolute atomic E-state index is 14.3. The molecule has 1 atom stereocenters. The number of rotatable bonds is 2. The quantitative estimate of drug-likeness (QED) is 0.881. The average molecular weight is 264 g/mol. The third kappa shape index (κ3) is 3.08. The molecule has 2 nitrogen and oxygen atoms in total. The van der Waals surface area contributed by atoms with Crippen molar-refractivity contribution in [3.8, 4) is 0 Å². The highest BCUT2D eigenvalue weighted by atomic mass is 19.1. The fourth-order valence-corrected chi connectivity index (χ4v) is 2.79. The first kappa shape index (κ1) is 14.3. The summed E-state index contributed by atoms with van der Waals surface area (Å²) >= 11 is 0. The summed E-state index contributed by atoms with van der Waals surface area (Å²) in [6.07, 6.45) is 0. The van der Waals surface area contributed by atoms with E-state index in [-0.39, 0.29) is 11.4 Å². The van der Waals surface area contributed by atoms with E-state index in [0.29, 0.717) is 12.0 Å². The Morgan fingerprint density at radius 2 is 2.05 bits per heavy atom. The number of aryl methyl sites for hydroxylation is 1. The van der Waals surface area contributed by atoms with Crippen LogP contribution in [0, 0.1) is 18.7 Å². The van der Waals surface area contributed by atoms with E-state index in [1.165, 1.54) is 0 Å². The minimum Gasteiger partial charge on any atom is -0.363 e. The van der Waals surface area contributed by atoms with Crippen LogP contribution < -0.4 is 10.2 Å². The molecule has 0 amide bonds. The van der Waals surface area contributed by atoms with Gasteiger partial charge in [-0.25, -0.2) is 4.39 Å². The van der Waals surface area contributed by atoms with Gasteiger partial charge in [0.05, 0.1) is 5.69 Å². The van der Waals surface area contributed by atoms with E-state index >= 15 is 0 Å². The molecule has 1 fully saturated rings. The highest BCUT2D eigenvalue weighted by Gasteiger charge is 2.35. The molecule has 1 N–H and O–H groups in total. The molecule has 106 valence electrons. The van der Waals surface area contributed by atoms with Gasteiger partial charge < -0.3 is 10.2 Å². The summed E-state index contributed by atoms with van der Waals surface area (Å²) in [5.74, 6) is 0.382. The summed E-state index contributed by atoms with van der Waals surface area (Å²) in [5, 5.41) is 3.56. The van der Waals surface area contributed by atoms with Crippen LogP contribution in [0.5, 0.6) is 0 Å². The number of benzene rings is 1. The van der Waals surface area contributed by atoms with E-state index < -0.39 is 0 Å². The van der Waals surface area contributed by atoms with Gasteiger partial charge >= 0.3 is 0 Å². The largest absolute Gasteiger partial charge is 0.363 e. The van der Waals surface area contributed by atoms with E-state index in [9.17, 15) is 4.39 Å². The molecule has 1 aromatic rings. The van der Waals surface area contributed by atoms with Crippen LogP contribution in [0.25, 0.3) is 0 Å². The van der Waals surface area contributed by atoms with Crippen molar-refractivity contribution >= 4 is 5.69 Å². The predicted octanol–water partition coefficient (Wildman–Crippen LogP) is 3.35. The molecule has 0 spiro atoms. The van der Waals surface area contributed by atoms with Crippen molar-refractivity contribution in [2.75, 3.05) is 18.0 Å². The third-order valence-electron chi connectivity index (χ3n) is 3.94. The lowest BCUT2D eigenvalue weighted by Crippen LogP contribution is -2.63. The van der Waals surface area contributed by atoms with Gasteiger partial charge in [-0.15, -0.1) is 0 Å². The van der Waals surface area contributed by atoms with Crippen LogP contribution in [0.3, 0.4) is 0 Å². The monoisotopic (exact) mass is 264 g/mol. The Balaban J connectivity index is 2.36. The highest BCUT2D eigenvalue weighted by Crippen LogP contribution is 2.29. The molecule has 3 heteroatoms. The van der Waals surface area contributed by atoms with Gasteiger partial charge in [0, 0.05) is 24.7 Å². The first-order valence-electron chi connectivity index (χ1n) is 7.08. The molecule has 1 aliphatic heterocycles. The van der Waals surface area contributed by atoms with Gasteiger partial charge in [0.2, 0.25) is 0 Å². The van der Waals surface area contributed by atoms with Gasteiger partial charge in [-0.05, 0) is 44.4 Å². The Morgan fingerprint density at radius 1 is 1.37 bits per heavy atom. The Hall–Kier alpha value is -1.09. The first-order chi connectivity index (χ1) is 8.80. The molecular formula is C16H25FN2. The number of nitrogens with one attached hydrogen (secondary N) is 1. The van der Waals surface area contributed by atoms with Gasteiger partial charge in [0.25, 0.3) is 0 Å². The van der Waals surface area contributed by atoms with E-state index in [2.05, 4.69) is 37.9 Å². The normalized spacial score (nSPS) is 22.9. The average Bonchev–Trinajstić information content (AvgIpc) is 2.27. The van der Waals surface area contributed by atoms with Gasteiger partial charge in [-0.1, -0.05) is 19.9 Å². The maximum Gasteiger partial charge on any atom is 0.146 e. The highest BCUT2D eigenvalue weighted by molar-refractivity contribution is 5.51. The zero-order valence-electron chi connectivity index (χ0n) is 12.6. The van der Waals surface area contributed by atoms with Gasteiger partial charge in [0.15, 0.2) is 0 Å². The topological polar surface area (TPSA) is 15.3 Å². The molecule has 1 heterocycles. The molecule has 1 unspecified atom stereocenters. The van der Waals surface area contributed by atoms with E-state index in [4.69, 9.17) is 0 Å². The molecule has 1 saturated heterocycles. The summed E-state index contributed by atoms with van der Waals surface area (Å²) in [6.45, 7) is 12.4. The van der Waals surface area contributed by atoms with E-state index in [0.717, 1.165) is 24.3 Å². The number of anilines is 1. The van der Waals surface area contributed by atoms with Crippen LogP contribution in [-0.4, -0.2) is 24.7 Å². The molecule has 1 aromatic carbocycles. The van der Waals surface area contributed by atoms with Crippen molar-refractivity contribution in [2.45, 2.75) is 46.2 Å². The summed E-state index contributed by atoms with van der Waals surface area (Å²) < 4.78 is 14.3. The fraction of sp³-hybridized carbons (Fsp3) is 0.625. The van der Waals surface area contributed by atoms with E-state index in [1.807, 2.05) is 19.1 Å². The van der Waals surface area contributed by atoms with Crippen LogP contribution in [-0.2, 0) is 0 Å². The number of piperazine rings is 1. The number of nitrogens with zero attached hydrogens (tertiary/aromatic N) is 1. The van der Waals surface area contributed by atoms with Crippen molar-refractivity contribution < 1.29 is 4.39 Å². The molecular weight excluding hydrogens is 239 g/mol. The molecule has 0 saturated carbocycles. The van der Waals surface area contributed by atoms with Crippen LogP contribution in [0.1, 0.15) is 33.3 Å². The fourth-order valence-electron chi connectivity index (χ4n) is 2.79. The number of halogens is 1. The predicted molar refractivity (Wildman–Crippen MR) is 79.2 cm³/mol. The molecule has 0 bridgehead atoms. The molecule has 2 rings (SSSR count). The second-order valence-electron chi connectivity index (χ2n) is 6.66. The van der Waals surface area contributed by atoms with E-state index in [1.54, 1.807) is 6.07 Å². The van der Waals surface area contributed by atoms with Crippen LogP contribution in [0.15, 0.2) is 18.2 Å². The SMILES string of the molecule is Cc1ccc(N2CC(C)(C)NCC2C(C)C)c(F)c1. The minimum atomic E-state index is -0.108. The standard InChI is InChI=1S/C16H25FN2/c1-11(2)15-9-18-16(4,5)10-19(15)14-7-6-12(3)8-13(14)17/h6-8,11,15,18H,9-10H2,1-5H3. The van der Waals surface area contributed by atoms with Crippen LogP contribution >= 0.6 is 0 Å². The number of hydrogen-bond acceptors (Lipinski definition) is 2. The molecule has 19 heavy (non-hydrogen) atoms. The van der Waals surface area contributed by atoms with Crippen LogP contribution in [0.4, 0.5) is 10.1 Å². The second-order valence-corrected chi connectivity index (χ2v) is 6.66. The lowest BCUT2D eigenvalue weighted by atomic mass is 9.92. The van der Waals surface area contributed by atoms with Crippen molar-refractivity contribution in [3.63, 3.8) is 0 Å². The number of hydrogen-bond donors (Lipinski definition) is 1. The summed E-state index contributed by atoms with van der Waals surface area (Å²) in [4.78, 5) is 2.23. The molecule has 0 aliphatic carbocycles. The Kier molecular flexibility index (Phi) is 3.86. The minimum absolute atomic E-state index is 0.0166. The van der Waals surface area contributed by atoms with Gasteiger partial charge in [-0.2, -0.15) is 0 Å². The lowest BCUT2D eigenvalue weighted by Gasteiger charge is -2.47. The summed E-state index contributed by atoms with van der Waals surface area (Å²) in [6, 6.07) is 5.87. The molecule has 0 radical (unpaired) electrons. The van der Waals surface area contributed by atoms with Crippen molar-refractivity contribution in [1.82, 2.24) is 5.32 Å². The Labute approximate surface area is 116 Å².